The first-order valence-electron chi connectivity index (χ1n) is 6.82. The Morgan fingerprint density at radius 1 is 1.45 bits per heavy atom. The lowest BCUT2D eigenvalue weighted by molar-refractivity contribution is -0.123. The highest BCUT2D eigenvalue weighted by Gasteiger charge is 2.06. The predicted octanol–water partition coefficient (Wildman–Crippen LogP) is 2.94. The van der Waals surface area contributed by atoms with E-state index >= 15 is 0 Å². The van der Waals surface area contributed by atoms with Gasteiger partial charge in [-0.15, -0.1) is 0 Å². The Labute approximate surface area is 137 Å². The molecule has 0 aliphatic rings. The molecule has 2 rings (SSSR count). The van der Waals surface area contributed by atoms with Gasteiger partial charge >= 0.3 is 0 Å². The molecule has 1 aromatic heterocycles. The van der Waals surface area contributed by atoms with E-state index in [1.807, 2.05) is 31.2 Å². The van der Waals surface area contributed by atoms with Crippen molar-refractivity contribution in [1.29, 1.82) is 0 Å². The van der Waals surface area contributed by atoms with Crippen molar-refractivity contribution in [3.63, 3.8) is 0 Å². The van der Waals surface area contributed by atoms with Crippen molar-refractivity contribution < 1.29 is 9.53 Å². The van der Waals surface area contributed by atoms with Gasteiger partial charge in [0, 0.05) is 22.4 Å². The second-order valence-electron chi connectivity index (χ2n) is 4.47. The van der Waals surface area contributed by atoms with Gasteiger partial charge < -0.3 is 4.74 Å². The highest BCUT2D eigenvalue weighted by molar-refractivity contribution is 9.10. The number of hydrazone groups is 1. The minimum absolute atomic E-state index is 0.0843. The molecule has 114 valence electrons. The van der Waals surface area contributed by atoms with E-state index in [1.165, 1.54) is 6.21 Å². The number of nitrogens with zero attached hydrogens (tertiary/aromatic N) is 2. The number of amides is 1. The van der Waals surface area contributed by atoms with Crippen molar-refractivity contribution in [3.05, 3.63) is 58.3 Å². The highest BCUT2D eigenvalue weighted by atomic mass is 79.9. The molecule has 6 heteroatoms. The van der Waals surface area contributed by atoms with E-state index in [9.17, 15) is 4.79 Å². The number of ether oxygens (including phenoxy) is 1. The molecule has 1 aromatic carbocycles. The van der Waals surface area contributed by atoms with Gasteiger partial charge in [0.15, 0.2) is 6.61 Å². The van der Waals surface area contributed by atoms with E-state index < -0.39 is 0 Å². The summed E-state index contributed by atoms with van der Waals surface area (Å²) < 4.78 is 6.52. The second kappa shape index (κ2) is 8.29. The Balaban J connectivity index is 1.84. The number of aryl methyl sites for hydroxylation is 1. The van der Waals surface area contributed by atoms with Gasteiger partial charge in [0.1, 0.15) is 5.75 Å². The van der Waals surface area contributed by atoms with Crippen LogP contribution in [0.2, 0.25) is 0 Å². The van der Waals surface area contributed by atoms with Gasteiger partial charge in [-0.2, -0.15) is 5.10 Å². The monoisotopic (exact) mass is 361 g/mol. The molecule has 22 heavy (non-hydrogen) atoms. The molecule has 2 aromatic rings. The molecule has 0 aliphatic heterocycles. The fourth-order valence-electron chi connectivity index (χ4n) is 1.77. The summed E-state index contributed by atoms with van der Waals surface area (Å²) in [5, 5.41) is 3.86. The van der Waals surface area contributed by atoms with Gasteiger partial charge in [0.2, 0.25) is 0 Å². The molecule has 0 bridgehead atoms. The summed E-state index contributed by atoms with van der Waals surface area (Å²) in [6.45, 7) is 1.95. The molecular weight excluding hydrogens is 346 g/mol. The summed E-state index contributed by atoms with van der Waals surface area (Å²) in [5.41, 5.74) is 4.27. The second-order valence-corrected chi connectivity index (χ2v) is 5.39. The lowest BCUT2D eigenvalue weighted by Gasteiger charge is -2.09. The Kier molecular flexibility index (Phi) is 6.09. The molecule has 0 atom stereocenters. The highest BCUT2D eigenvalue weighted by Crippen LogP contribution is 2.23. The zero-order chi connectivity index (χ0) is 15.8. The van der Waals surface area contributed by atoms with Crippen molar-refractivity contribution in [2.75, 3.05) is 6.61 Å². The van der Waals surface area contributed by atoms with E-state index in [1.54, 1.807) is 18.5 Å². The number of aromatic nitrogens is 1. The summed E-state index contributed by atoms with van der Waals surface area (Å²) in [5.74, 6) is 0.391. The first-order chi connectivity index (χ1) is 10.7. The van der Waals surface area contributed by atoms with E-state index in [0.717, 1.165) is 22.0 Å². The SMILES string of the molecule is CCc1cc(Br)ccc1OCC(=O)N/N=C/c1cccnc1. The van der Waals surface area contributed by atoms with E-state index in [0.29, 0.717) is 5.75 Å². The van der Waals surface area contributed by atoms with Gasteiger partial charge in [0.05, 0.1) is 6.21 Å². The Bertz CT molecular complexity index is 660. The van der Waals surface area contributed by atoms with Crippen LogP contribution in [0.3, 0.4) is 0 Å². The van der Waals surface area contributed by atoms with E-state index in [-0.39, 0.29) is 12.5 Å². The summed E-state index contributed by atoms with van der Waals surface area (Å²) in [6, 6.07) is 9.34. The minimum Gasteiger partial charge on any atom is -0.483 e. The van der Waals surface area contributed by atoms with Gasteiger partial charge in [0.25, 0.3) is 5.91 Å². The fraction of sp³-hybridized carbons (Fsp3) is 0.188. The van der Waals surface area contributed by atoms with Crippen LogP contribution in [-0.2, 0) is 11.2 Å². The van der Waals surface area contributed by atoms with Crippen molar-refractivity contribution in [2.45, 2.75) is 13.3 Å². The summed E-state index contributed by atoms with van der Waals surface area (Å²) in [6.07, 6.45) is 5.69. The van der Waals surface area contributed by atoms with Gasteiger partial charge in [-0.05, 0) is 36.2 Å². The van der Waals surface area contributed by atoms with Crippen LogP contribution in [0.25, 0.3) is 0 Å². The van der Waals surface area contributed by atoms with Gasteiger partial charge in [-0.3, -0.25) is 9.78 Å². The third-order valence-corrected chi connectivity index (χ3v) is 3.34. The number of halogens is 1. The molecule has 1 N–H and O–H groups in total. The van der Waals surface area contributed by atoms with Crippen molar-refractivity contribution in [2.24, 2.45) is 5.10 Å². The van der Waals surface area contributed by atoms with Crippen LogP contribution in [0.1, 0.15) is 18.1 Å². The average molecular weight is 362 g/mol. The number of carbonyl (C=O) groups excluding carboxylic acids is 1. The first-order valence-corrected chi connectivity index (χ1v) is 7.61. The standard InChI is InChI=1S/C16H16BrN3O2/c1-2-13-8-14(17)5-6-15(13)22-11-16(21)20-19-10-12-4-3-7-18-9-12/h3-10H,2,11H2,1H3,(H,20,21)/b19-10+. The number of hydrogen-bond donors (Lipinski definition) is 1. The van der Waals surface area contributed by atoms with Crippen LogP contribution < -0.4 is 10.2 Å². The number of hydrogen-bond acceptors (Lipinski definition) is 4. The first kappa shape index (κ1) is 16.2. The number of rotatable bonds is 6. The van der Waals surface area contributed by atoms with Crippen LogP contribution >= 0.6 is 15.9 Å². The largest absolute Gasteiger partial charge is 0.483 e. The maximum Gasteiger partial charge on any atom is 0.277 e. The Hall–Kier alpha value is -2.21. The van der Waals surface area contributed by atoms with E-state index in [2.05, 4.69) is 31.4 Å². The molecular formula is C16H16BrN3O2. The Morgan fingerprint density at radius 3 is 3.05 bits per heavy atom. The fourth-order valence-corrected chi connectivity index (χ4v) is 2.18. The van der Waals surface area contributed by atoms with Crippen LogP contribution in [-0.4, -0.2) is 23.7 Å². The minimum atomic E-state index is -0.315. The van der Waals surface area contributed by atoms with E-state index in [4.69, 9.17) is 4.74 Å². The van der Waals surface area contributed by atoms with Crippen LogP contribution in [0, 0.1) is 0 Å². The van der Waals surface area contributed by atoms with Crippen molar-refractivity contribution in [1.82, 2.24) is 10.4 Å². The molecule has 5 nitrogen and oxygen atoms in total. The quantitative estimate of drug-likeness (QED) is 0.635. The normalized spacial score (nSPS) is 10.6. The number of pyridine rings is 1. The number of carbonyl (C=O) groups is 1. The van der Waals surface area contributed by atoms with Crippen molar-refractivity contribution in [3.8, 4) is 5.75 Å². The number of nitrogens with one attached hydrogen (secondary N) is 1. The molecule has 0 aliphatic carbocycles. The van der Waals surface area contributed by atoms with Crippen molar-refractivity contribution >= 4 is 28.1 Å². The summed E-state index contributed by atoms with van der Waals surface area (Å²) >= 11 is 3.41. The van der Waals surface area contributed by atoms with Crippen LogP contribution in [0.4, 0.5) is 0 Å². The van der Waals surface area contributed by atoms with Gasteiger partial charge in [-0.1, -0.05) is 28.9 Å². The molecule has 1 heterocycles. The summed E-state index contributed by atoms with van der Waals surface area (Å²) in [4.78, 5) is 15.7. The molecule has 0 fully saturated rings. The molecule has 1 amide bonds. The third-order valence-electron chi connectivity index (χ3n) is 2.85. The topological polar surface area (TPSA) is 63.6 Å². The smallest absolute Gasteiger partial charge is 0.277 e. The summed E-state index contributed by atoms with van der Waals surface area (Å²) in [7, 11) is 0. The lowest BCUT2D eigenvalue weighted by Crippen LogP contribution is -2.24. The maximum absolute atomic E-state index is 11.7. The molecule has 0 saturated carbocycles. The van der Waals surface area contributed by atoms with Crippen LogP contribution in [0.5, 0.6) is 5.75 Å². The third kappa shape index (κ3) is 4.96. The lowest BCUT2D eigenvalue weighted by atomic mass is 10.1. The zero-order valence-electron chi connectivity index (χ0n) is 12.1. The number of benzene rings is 1. The maximum atomic E-state index is 11.7. The molecule has 0 spiro atoms. The van der Waals surface area contributed by atoms with Crippen LogP contribution in [0.15, 0.2) is 52.3 Å². The van der Waals surface area contributed by atoms with Gasteiger partial charge in [-0.25, -0.2) is 5.43 Å². The molecule has 0 unspecified atom stereocenters. The predicted molar refractivity (Wildman–Crippen MR) is 89.0 cm³/mol. The molecule has 0 radical (unpaired) electrons. The average Bonchev–Trinajstić information content (AvgIpc) is 2.54. The molecule has 0 saturated heterocycles. The Morgan fingerprint density at radius 2 is 2.32 bits per heavy atom. The zero-order valence-corrected chi connectivity index (χ0v) is 13.7.